The van der Waals surface area contributed by atoms with Crippen molar-refractivity contribution in [2.45, 2.75) is 13.8 Å². The Balaban J connectivity index is 2.10. The summed E-state index contributed by atoms with van der Waals surface area (Å²) >= 11 is 8.63. The summed E-state index contributed by atoms with van der Waals surface area (Å²) in [6.45, 7) is 4.41. The molecular weight excluding hydrogens is 461 g/mol. The number of benzene rings is 1. The lowest BCUT2D eigenvalue weighted by atomic mass is 10.2. The quantitative estimate of drug-likeness (QED) is 0.271. The molecule has 8 heteroatoms. The second-order valence-corrected chi connectivity index (χ2v) is 7.55. The molecule has 1 amide bonds. The van der Waals surface area contributed by atoms with E-state index in [1.54, 1.807) is 17.9 Å². The highest BCUT2D eigenvalue weighted by atomic mass is 127. The number of ether oxygens (including phenoxy) is 2. The standard InChI is InChI=1S/C16H16INO4S2/c1-3-18-15(20)13(24-16(18)23)8-10-5-6-12(11(17)7-10)22-9-14(19)21-4-2/h5-8H,3-4,9H2,1-2H3/b13-8-. The van der Waals surface area contributed by atoms with Crippen molar-refractivity contribution >= 4 is 68.8 Å². The van der Waals surface area contributed by atoms with Crippen molar-refractivity contribution in [1.82, 2.24) is 4.90 Å². The molecule has 1 aliphatic heterocycles. The summed E-state index contributed by atoms with van der Waals surface area (Å²) in [5.41, 5.74) is 0.875. The second-order valence-electron chi connectivity index (χ2n) is 4.71. The van der Waals surface area contributed by atoms with E-state index in [-0.39, 0.29) is 12.5 Å². The maximum atomic E-state index is 12.2. The number of rotatable bonds is 6. The maximum Gasteiger partial charge on any atom is 0.344 e. The second kappa shape index (κ2) is 8.82. The number of amides is 1. The Morgan fingerprint density at radius 1 is 1.42 bits per heavy atom. The predicted octanol–water partition coefficient (Wildman–Crippen LogP) is 3.45. The Bertz CT molecular complexity index is 705. The van der Waals surface area contributed by atoms with E-state index in [1.165, 1.54) is 11.8 Å². The third kappa shape index (κ3) is 4.70. The topological polar surface area (TPSA) is 55.8 Å². The number of hydrogen-bond donors (Lipinski definition) is 0. The van der Waals surface area contributed by atoms with E-state index in [9.17, 15) is 9.59 Å². The molecule has 0 aromatic heterocycles. The highest BCUT2D eigenvalue weighted by Gasteiger charge is 2.30. The summed E-state index contributed by atoms with van der Waals surface area (Å²) < 4.78 is 11.7. The molecule has 0 N–H and O–H groups in total. The first kappa shape index (κ1) is 19.2. The van der Waals surface area contributed by atoms with Crippen LogP contribution < -0.4 is 4.74 Å². The minimum absolute atomic E-state index is 0.0647. The fourth-order valence-electron chi connectivity index (χ4n) is 1.99. The Kier molecular flexibility index (Phi) is 7.05. The Morgan fingerprint density at radius 2 is 2.17 bits per heavy atom. The summed E-state index contributed by atoms with van der Waals surface area (Å²) in [5.74, 6) is 0.132. The fraction of sp³-hybridized carbons (Fsp3) is 0.312. The van der Waals surface area contributed by atoms with Gasteiger partial charge in [-0.3, -0.25) is 9.69 Å². The van der Waals surface area contributed by atoms with Gasteiger partial charge in [-0.2, -0.15) is 0 Å². The van der Waals surface area contributed by atoms with Crippen molar-refractivity contribution in [1.29, 1.82) is 0 Å². The molecule has 24 heavy (non-hydrogen) atoms. The van der Waals surface area contributed by atoms with Gasteiger partial charge in [-0.05, 0) is 60.2 Å². The van der Waals surface area contributed by atoms with Crippen molar-refractivity contribution in [2.75, 3.05) is 19.8 Å². The number of esters is 1. The number of carbonyl (C=O) groups excluding carboxylic acids is 2. The average Bonchev–Trinajstić information content (AvgIpc) is 2.80. The van der Waals surface area contributed by atoms with Gasteiger partial charge in [-0.25, -0.2) is 4.79 Å². The van der Waals surface area contributed by atoms with E-state index in [1.807, 2.05) is 25.1 Å². The summed E-state index contributed by atoms with van der Waals surface area (Å²) in [4.78, 5) is 25.7. The molecule has 1 aromatic carbocycles. The number of halogens is 1. The monoisotopic (exact) mass is 477 g/mol. The molecule has 0 spiro atoms. The van der Waals surface area contributed by atoms with Crippen molar-refractivity contribution in [3.8, 4) is 5.75 Å². The van der Waals surface area contributed by atoms with Crippen molar-refractivity contribution in [3.63, 3.8) is 0 Å². The van der Waals surface area contributed by atoms with Crippen LogP contribution in [0.4, 0.5) is 0 Å². The molecule has 1 saturated heterocycles. The first-order valence-electron chi connectivity index (χ1n) is 7.29. The fourth-order valence-corrected chi connectivity index (χ4v) is 4.07. The molecule has 0 unspecified atom stereocenters. The van der Waals surface area contributed by atoms with Crippen LogP contribution in [0.2, 0.25) is 0 Å². The molecule has 0 aliphatic carbocycles. The summed E-state index contributed by atoms with van der Waals surface area (Å²) in [7, 11) is 0. The molecule has 2 rings (SSSR count). The minimum Gasteiger partial charge on any atom is -0.481 e. The third-order valence-corrected chi connectivity index (χ3v) is 5.32. The SMILES string of the molecule is CCOC(=O)COc1ccc(/C=C2\SC(=S)N(CC)C2=O)cc1I. The zero-order valence-corrected chi connectivity index (χ0v) is 17.0. The van der Waals surface area contributed by atoms with E-state index in [0.29, 0.717) is 28.1 Å². The lowest BCUT2D eigenvalue weighted by Gasteiger charge is -2.10. The molecule has 0 bridgehead atoms. The van der Waals surface area contributed by atoms with E-state index in [0.717, 1.165) is 9.13 Å². The van der Waals surface area contributed by atoms with Gasteiger partial charge in [0, 0.05) is 6.54 Å². The van der Waals surface area contributed by atoms with Crippen molar-refractivity contribution in [3.05, 3.63) is 32.2 Å². The van der Waals surface area contributed by atoms with Crippen LogP contribution in [-0.4, -0.2) is 40.9 Å². The normalized spacial score (nSPS) is 16.0. The first-order chi connectivity index (χ1) is 11.5. The number of thiocarbonyl (C=S) groups is 1. The number of nitrogens with zero attached hydrogens (tertiary/aromatic N) is 1. The molecule has 0 atom stereocenters. The van der Waals surface area contributed by atoms with Gasteiger partial charge in [-0.15, -0.1) is 0 Å². The summed E-state index contributed by atoms with van der Waals surface area (Å²) in [6, 6.07) is 5.49. The third-order valence-electron chi connectivity index (χ3n) is 3.09. The summed E-state index contributed by atoms with van der Waals surface area (Å²) in [5, 5.41) is 0. The average molecular weight is 477 g/mol. The molecule has 1 heterocycles. The smallest absolute Gasteiger partial charge is 0.344 e. The van der Waals surface area contributed by atoms with Gasteiger partial charge in [0.1, 0.15) is 10.1 Å². The van der Waals surface area contributed by atoms with Gasteiger partial charge in [0.15, 0.2) is 6.61 Å². The lowest BCUT2D eigenvalue weighted by Crippen LogP contribution is -2.27. The van der Waals surface area contributed by atoms with E-state index < -0.39 is 5.97 Å². The van der Waals surface area contributed by atoms with E-state index in [4.69, 9.17) is 21.7 Å². The van der Waals surface area contributed by atoms with E-state index in [2.05, 4.69) is 22.6 Å². The van der Waals surface area contributed by atoms with Crippen LogP contribution in [0.5, 0.6) is 5.75 Å². The van der Waals surface area contributed by atoms with Gasteiger partial charge in [0.2, 0.25) is 0 Å². The van der Waals surface area contributed by atoms with Crippen LogP contribution in [0, 0.1) is 3.57 Å². The van der Waals surface area contributed by atoms with Crippen LogP contribution in [0.15, 0.2) is 23.1 Å². The van der Waals surface area contributed by atoms with Crippen LogP contribution in [0.3, 0.4) is 0 Å². The number of likely N-dealkylation sites (N-methyl/N-ethyl adjacent to an activating group) is 1. The molecule has 1 aromatic rings. The molecular formula is C16H16INO4S2. The highest BCUT2D eigenvalue weighted by molar-refractivity contribution is 14.1. The molecule has 128 valence electrons. The molecule has 0 radical (unpaired) electrons. The number of carbonyl (C=O) groups is 2. The zero-order valence-electron chi connectivity index (χ0n) is 13.2. The Hall–Kier alpha value is -1.13. The lowest BCUT2D eigenvalue weighted by molar-refractivity contribution is -0.145. The Morgan fingerprint density at radius 3 is 2.75 bits per heavy atom. The van der Waals surface area contributed by atoms with Gasteiger partial charge in [0.25, 0.3) is 5.91 Å². The van der Waals surface area contributed by atoms with Gasteiger partial charge in [0.05, 0.1) is 15.1 Å². The predicted molar refractivity (Wildman–Crippen MR) is 107 cm³/mol. The molecule has 5 nitrogen and oxygen atoms in total. The minimum atomic E-state index is -0.402. The summed E-state index contributed by atoms with van der Waals surface area (Å²) in [6.07, 6.45) is 1.81. The van der Waals surface area contributed by atoms with Gasteiger partial charge in [-0.1, -0.05) is 30.0 Å². The van der Waals surface area contributed by atoms with Crippen molar-refractivity contribution < 1.29 is 19.1 Å². The number of hydrogen-bond acceptors (Lipinski definition) is 6. The highest BCUT2D eigenvalue weighted by Crippen LogP contribution is 2.33. The van der Waals surface area contributed by atoms with Crippen molar-refractivity contribution in [2.24, 2.45) is 0 Å². The van der Waals surface area contributed by atoms with Crippen LogP contribution in [0.25, 0.3) is 6.08 Å². The van der Waals surface area contributed by atoms with Crippen LogP contribution in [-0.2, 0) is 14.3 Å². The first-order valence-corrected chi connectivity index (χ1v) is 9.60. The number of thioether (sulfide) groups is 1. The van der Waals surface area contributed by atoms with Gasteiger partial charge < -0.3 is 9.47 Å². The molecule has 1 fully saturated rings. The van der Waals surface area contributed by atoms with Crippen LogP contribution in [0.1, 0.15) is 19.4 Å². The molecule has 0 saturated carbocycles. The largest absolute Gasteiger partial charge is 0.481 e. The zero-order chi connectivity index (χ0) is 17.7. The van der Waals surface area contributed by atoms with Crippen LogP contribution >= 0.6 is 46.6 Å². The maximum absolute atomic E-state index is 12.2. The molecule has 1 aliphatic rings. The van der Waals surface area contributed by atoms with Gasteiger partial charge >= 0.3 is 5.97 Å². The Labute approximate surface area is 163 Å². The van der Waals surface area contributed by atoms with E-state index >= 15 is 0 Å².